The largest absolute Gasteiger partial charge is 0.245 e. The van der Waals surface area contributed by atoms with Gasteiger partial charge in [-0.25, -0.2) is 9.98 Å². The van der Waals surface area contributed by atoms with E-state index < -0.39 is 0 Å². The van der Waals surface area contributed by atoms with Gasteiger partial charge in [-0.05, 0) is 6.72 Å². The van der Waals surface area contributed by atoms with Gasteiger partial charge in [-0.1, -0.05) is 0 Å². The lowest BCUT2D eigenvalue weighted by atomic mass is 10.5. The highest BCUT2D eigenvalue weighted by Gasteiger charge is 1.96. The molecule has 0 aromatic carbocycles. The fourth-order valence-electron chi connectivity index (χ4n) is 0.941. The second-order valence-electron chi connectivity index (χ2n) is 2.06. The molecule has 0 N–H and O–H groups in total. The number of aromatic nitrogens is 3. The predicted octanol–water partition coefficient (Wildman–Crippen LogP) is 1.06. The second-order valence-corrected chi connectivity index (χ2v) is 2.06. The van der Waals surface area contributed by atoms with Crippen LogP contribution in [0.25, 0.3) is 5.65 Å². The summed E-state index contributed by atoms with van der Waals surface area (Å²) in [6.45, 7) is 3.42. The minimum absolute atomic E-state index is 0.708. The van der Waals surface area contributed by atoms with E-state index in [4.69, 9.17) is 0 Å². The van der Waals surface area contributed by atoms with Crippen LogP contribution < -0.4 is 0 Å². The molecule has 0 aliphatic carbocycles. The van der Waals surface area contributed by atoms with Gasteiger partial charge in [0.15, 0.2) is 11.5 Å². The normalized spacial score (nSPS) is 10.2. The molecule has 54 valence electrons. The van der Waals surface area contributed by atoms with Crippen LogP contribution in [-0.4, -0.2) is 21.3 Å². The van der Waals surface area contributed by atoms with Crippen LogP contribution in [0.1, 0.15) is 0 Å². The fraction of sp³-hybridized carbons (Fsp3) is 0. The van der Waals surface area contributed by atoms with Gasteiger partial charge in [0.25, 0.3) is 0 Å². The molecule has 2 rings (SSSR count). The van der Waals surface area contributed by atoms with Crippen molar-refractivity contribution in [2.24, 2.45) is 4.99 Å². The molecule has 0 aliphatic heterocycles. The first-order chi connectivity index (χ1) is 5.42. The van der Waals surface area contributed by atoms with E-state index in [-0.39, 0.29) is 0 Å². The van der Waals surface area contributed by atoms with Crippen molar-refractivity contribution in [1.29, 1.82) is 0 Å². The summed E-state index contributed by atoms with van der Waals surface area (Å²) in [7, 11) is 0. The first-order valence-corrected chi connectivity index (χ1v) is 3.17. The van der Waals surface area contributed by atoms with E-state index in [1.54, 1.807) is 23.0 Å². The van der Waals surface area contributed by atoms with Crippen molar-refractivity contribution in [3.05, 3.63) is 24.5 Å². The topological polar surface area (TPSA) is 42.5 Å². The summed E-state index contributed by atoms with van der Waals surface area (Å²) >= 11 is 0. The summed E-state index contributed by atoms with van der Waals surface area (Å²) in [5.41, 5.74) is 0.787. The van der Waals surface area contributed by atoms with Crippen LogP contribution in [0.3, 0.4) is 0 Å². The van der Waals surface area contributed by atoms with Crippen molar-refractivity contribution in [3.63, 3.8) is 0 Å². The molecule has 0 bridgehead atoms. The smallest absolute Gasteiger partial charge is 0.157 e. The van der Waals surface area contributed by atoms with Gasteiger partial charge in [0, 0.05) is 18.3 Å². The zero-order valence-electron chi connectivity index (χ0n) is 5.81. The van der Waals surface area contributed by atoms with Crippen LogP contribution in [0.4, 0.5) is 5.82 Å². The quantitative estimate of drug-likeness (QED) is 0.564. The molecule has 0 atom stereocenters. The van der Waals surface area contributed by atoms with Gasteiger partial charge in [0.2, 0.25) is 0 Å². The van der Waals surface area contributed by atoms with Crippen molar-refractivity contribution >= 4 is 18.2 Å². The molecule has 0 unspecified atom stereocenters. The maximum Gasteiger partial charge on any atom is 0.157 e. The molecule has 0 fully saturated rings. The summed E-state index contributed by atoms with van der Waals surface area (Å²) in [4.78, 5) is 7.84. The number of fused-ring (bicyclic) bond motifs is 1. The van der Waals surface area contributed by atoms with E-state index >= 15 is 0 Å². The van der Waals surface area contributed by atoms with Crippen molar-refractivity contribution in [1.82, 2.24) is 14.6 Å². The lowest BCUT2D eigenvalue weighted by molar-refractivity contribution is 0.938. The van der Waals surface area contributed by atoms with E-state index in [2.05, 4.69) is 21.8 Å². The first kappa shape index (κ1) is 6.03. The Kier molecular flexibility index (Phi) is 1.18. The zero-order chi connectivity index (χ0) is 7.68. The van der Waals surface area contributed by atoms with Crippen LogP contribution in [0, 0.1) is 0 Å². The number of hydrogen-bond donors (Lipinski definition) is 0. The molecular formula is C7H6N4. The maximum atomic E-state index is 4.06. The Labute approximate surface area is 63.2 Å². The lowest BCUT2D eigenvalue weighted by Crippen LogP contribution is -1.88. The van der Waals surface area contributed by atoms with Gasteiger partial charge in [0.05, 0.1) is 6.20 Å². The Morgan fingerprint density at radius 2 is 2.27 bits per heavy atom. The molecule has 0 saturated heterocycles. The predicted molar refractivity (Wildman–Crippen MR) is 42.2 cm³/mol. The lowest BCUT2D eigenvalue weighted by Gasteiger charge is -1.94. The number of rotatable bonds is 1. The minimum atomic E-state index is 0.708. The van der Waals surface area contributed by atoms with Crippen LogP contribution in [0.15, 0.2) is 29.5 Å². The Balaban J connectivity index is 2.88. The standard InChI is InChI=1S/C7H6N4/c1-8-6-2-4-9-7-3-5-10-11(6)7/h2-5H,1H2. The summed E-state index contributed by atoms with van der Waals surface area (Å²) in [6.07, 6.45) is 3.36. The Hall–Kier alpha value is -1.71. The van der Waals surface area contributed by atoms with Crippen molar-refractivity contribution in [3.8, 4) is 0 Å². The van der Waals surface area contributed by atoms with Crippen LogP contribution in [0.2, 0.25) is 0 Å². The monoisotopic (exact) mass is 146 g/mol. The van der Waals surface area contributed by atoms with Crippen molar-refractivity contribution in [2.45, 2.75) is 0 Å². The number of nitrogens with zero attached hydrogens (tertiary/aromatic N) is 4. The zero-order valence-corrected chi connectivity index (χ0v) is 5.81. The molecule has 0 aliphatic rings. The highest BCUT2D eigenvalue weighted by atomic mass is 15.3. The second kappa shape index (κ2) is 2.16. The van der Waals surface area contributed by atoms with Gasteiger partial charge in [-0.2, -0.15) is 9.61 Å². The first-order valence-electron chi connectivity index (χ1n) is 3.17. The molecular weight excluding hydrogens is 140 g/mol. The van der Waals surface area contributed by atoms with Crippen LogP contribution in [-0.2, 0) is 0 Å². The summed E-state index contributed by atoms with van der Waals surface area (Å²) < 4.78 is 1.63. The molecule has 0 saturated carbocycles. The van der Waals surface area contributed by atoms with Crippen molar-refractivity contribution in [2.75, 3.05) is 0 Å². The van der Waals surface area contributed by atoms with Crippen LogP contribution in [0.5, 0.6) is 0 Å². The molecule has 0 amide bonds. The SMILES string of the molecule is C=Nc1ccnc2ccnn12. The maximum absolute atomic E-state index is 4.06. The highest BCUT2D eigenvalue weighted by molar-refractivity contribution is 5.47. The van der Waals surface area contributed by atoms with Gasteiger partial charge in [-0.3, -0.25) is 0 Å². The molecule has 2 aromatic heterocycles. The third-order valence-electron chi connectivity index (χ3n) is 1.43. The summed E-state index contributed by atoms with van der Waals surface area (Å²) in [6, 6.07) is 3.57. The third-order valence-corrected chi connectivity index (χ3v) is 1.43. The molecule has 2 heterocycles. The Morgan fingerprint density at radius 3 is 3.09 bits per heavy atom. The summed E-state index contributed by atoms with van der Waals surface area (Å²) in [5, 5.41) is 4.01. The van der Waals surface area contributed by atoms with E-state index in [0.717, 1.165) is 5.65 Å². The highest BCUT2D eigenvalue weighted by Crippen LogP contribution is 2.09. The van der Waals surface area contributed by atoms with Gasteiger partial charge >= 0.3 is 0 Å². The van der Waals surface area contributed by atoms with Gasteiger partial charge in [-0.15, -0.1) is 0 Å². The molecule has 0 radical (unpaired) electrons. The molecule has 2 aromatic rings. The van der Waals surface area contributed by atoms with Crippen molar-refractivity contribution < 1.29 is 0 Å². The van der Waals surface area contributed by atoms with Crippen LogP contribution >= 0.6 is 0 Å². The third kappa shape index (κ3) is 0.797. The average molecular weight is 146 g/mol. The van der Waals surface area contributed by atoms with E-state index in [0.29, 0.717) is 5.82 Å². The molecule has 0 spiro atoms. The Bertz CT molecular complexity index is 390. The minimum Gasteiger partial charge on any atom is -0.245 e. The molecule has 4 heteroatoms. The number of hydrogen-bond acceptors (Lipinski definition) is 3. The average Bonchev–Trinajstić information content (AvgIpc) is 2.50. The Morgan fingerprint density at radius 1 is 1.36 bits per heavy atom. The fourth-order valence-corrected chi connectivity index (χ4v) is 0.941. The molecule has 11 heavy (non-hydrogen) atoms. The van der Waals surface area contributed by atoms with Gasteiger partial charge < -0.3 is 0 Å². The number of aliphatic imine (C=N–C) groups is 1. The molecule has 4 nitrogen and oxygen atoms in total. The van der Waals surface area contributed by atoms with E-state index in [9.17, 15) is 0 Å². The summed E-state index contributed by atoms with van der Waals surface area (Å²) in [5.74, 6) is 0.708. The van der Waals surface area contributed by atoms with E-state index in [1.165, 1.54) is 0 Å². The van der Waals surface area contributed by atoms with E-state index in [1.807, 2.05) is 6.07 Å². The van der Waals surface area contributed by atoms with Gasteiger partial charge in [0.1, 0.15) is 0 Å².